The summed E-state index contributed by atoms with van der Waals surface area (Å²) in [7, 11) is 0. The average Bonchev–Trinajstić information content (AvgIpc) is 3.23. The first-order valence-electron chi connectivity index (χ1n) is 9.40. The highest BCUT2D eigenvalue weighted by atomic mass is 32.1. The Balaban J connectivity index is 1.68. The summed E-state index contributed by atoms with van der Waals surface area (Å²) in [4.78, 5) is 37.6. The first-order valence-corrected chi connectivity index (χ1v) is 10.3. The molecule has 7 heteroatoms. The van der Waals surface area contributed by atoms with Gasteiger partial charge in [0.1, 0.15) is 0 Å². The zero-order valence-corrected chi connectivity index (χ0v) is 17.8. The quantitative estimate of drug-likeness (QED) is 0.527. The molecule has 0 aliphatic carbocycles. The van der Waals surface area contributed by atoms with Gasteiger partial charge in [0.25, 0.3) is 11.8 Å². The summed E-state index contributed by atoms with van der Waals surface area (Å²) >= 11 is 1.36. The van der Waals surface area contributed by atoms with Gasteiger partial charge in [-0.05, 0) is 47.8 Å². The van der Waals surface area contributed by atoms with Gasteiger partial charge < -0.3 is 16.0 Å². The summed E-state index contributed by atoms with van der Waals surface area (Å²) in [5.41, 5.74) is 1.56. The van der Waals surface area contributed by atoms with Gasteiger partial charge in [-0.2, -0.15) is 0 Å². The lowest BCUT2D eigenvalue weighted by molar-refractivity contribution is -0.123. The zero-order chi connectivity index (χ0) is 21.7. The highest BCUT2D eigenvalue weighted by Crippen LogP contribution is 2.21. The van der Waals surface area contributed by atoms with Crippen molar-refractivity contribution in [2.24, 2.45) is 5.41 Å². The molecule has 154 valence electrons. The van der Waals surface area contributed by atoms with Crippen LogP contribution < -0.4 is 16.0 Å². The third-order valence-electron chi connectivity index (χ3n) is 4.19. The van der Waals surface area contributed by atoms with E-state index >= 15 is 0 Å². The summed E-state index contributed by atoms with van der Waals surface area (Å²) in [6.45, 7) is 5.47. The number of amides is 3. The molecule has 0 saturated heterocycles. The second-order valence-electron chi connectivity index (χ2n) is 7.75. The fraction of sp³-hybridized carbons (Fsp3) is 0.174. The van der Waals surface area contributed by atoms with Gasteiger partial charge in [0.05, 0.1) is 4.88 Å². The number of rotatable bonds is 5. The SMILES string of the molecule is CC(C)(C)C(=O)Nc1cccc(C(=O)Nc2cccc(NC(=O)c3cccs3)c2)c1. The molecular weight excluding hydrogens is 398 g/mol. The second kappa shape index (κ2) is 8.92. The lowest BCUT2D eigenvalue weighted by atomic mass is 9.95. The number of nitrogens with one attached hydrogen (secondary N) is 3. The van der Waals surface area contributed by atoms with Gasteiger partial charge in [-0.25, -0.2) is 0 Å². The third-order valence-corrected chi connectivity index (χ3v) is 5.06. The van der Waals surface area contributed by atoms with Crippen molar-refractivity contribution in [3.05, 3.63) is 76.5 Å². The summed E-state index contributed by atoms with van der Waals surface area (Å²) in [6.07, 6.45) is 0. The minimum absolute atomic E-state index is 0.130. The van der Waals surface area contributed by atoms with Gasteiger partial charge in [0.15, 0.2) is 0 Å². The molecule has 0 fully saturated rings. The molecule has 3 N–H and O–H groups in total. The highest BCUT2D eigenvalue weighted by Gasteiger charge is 2.21. The number of anilines is 3. The highest BCUT2D eigenvalue weighted by molar-refractivity contribution is 7.12. The fourth-order valence-corrected chi connectivity index (χ4v) is 3.15. The molecule has 30 heavy (non-hydrogen) atoms. The van der Waals surface area contributed by atoms with E-state index < -0.39 is 5.41 Å². The van der Waals surface area contributed by atoms with Crippen molar-refractivity contribution in [1.29, 1.82) is 0 Å². The summed E-state index contributed by atoms with van der Waals surface area (Å²) in [6, 6.07) is 17.2. The van der Waals surface area contributed by atoms with Crippen molar-refractivity contribution in [3.63, 3.8) is 0 Å². The largest absolute Gasteiger partial charge is 0.326 e. The van der Waals surface area contributed by atoms with Crippen LogP contribution in [0, 0.1) is 5.41 Å². The molecule has 0 bridgehead atoms. The maximum absolute atomic E-state index is 12.7. The van der Waals surface area contributed by atoms with Gasteiger partial charge in [-0.3, -0.25) is 14.4 Å². The van der Waals surface area contributed by atoms with Gasteiger partial charge in [-0.1, -0.05) is 39.0 Å². The number of carbonyl (C=O) groups is 3. The van der Waals surface area contributed by atoms with Crippen LogP contribution in [0.1, 0.15) is 40.8 Å². The van der Waals surface area contributed by atoms with Crippen LogP contribution in [0.2, 0.25) is 0 Å². The van der Waals surface area contributed by atoms with Gasteiger partial charge in [0, 0.05) is 28.0 Å². The summed E-state index contributed by atoms with van der Waals surface area (Å²) in [5.74, 6) is -0.645. The molecule has 3 rings (SSSR count). The fourth-order valence-electron chi connectivity index (χ4n) is 2.54. The Morgan fingerprint density at radius 3 is 1.93 bits per heavy atom. The maximum Gasteiger partial charge on any atom is 0.265 e. The van der Waals surface area contributed by atoms with Gasteiger partial charge in [-0.15, -0.1) is 11.3 Å². The lowest BCUT2D eigenvalue weighted by Gasteiger charge is -2.18. The molecule has 0 unspecified atom stereocenters. The van der Waals surface area contributed by atoms with E-state index in [9.17, 15) is 14.4 Å². The topological polar surface area (TPSA) is 87.3 Å². The van der Waals surface area contributed by atoms with E-state index in [1.165, 1.54) is 11.3 Å². The van der Waals surface area contributed by atoms with Gasteiger partial charge >= 0.3 is 0 Å². The molecule has 1 aromatic heterocycles. The van der Waals surface area contributed by atoms with E-state index in [-0.39, 0.29) is 17.7 Å². The second-order valence-corrected chi connectivity index (χ2v) is 8.70. The van der Waals surface area contributed by atoms with E-state index in [2.05, 4.69) is 16.0 Å². The van der Waals surface area contributed by atoms with Crippen molar-refractivity contribution in [3.8, 4) is 0 Å². The Labute approximate surface area is 179 Å². The molecule has 0 aliphatic heterocycles. The lowest BCUT2D eigenvalue weighted by Crippen LogP contribution is -2.27. The summed E-state index contributed by atoms with van der Waals surface area (Å²) in [5, 5.41) is 10.3. The predicted octanol–water partition coefficient (Wildman–Crippen LogP) is 5.24. The Kier molecular flexibility index (Phi) is 6.32. The van der Waals surface area contributed by atoms with Crippen molar-refractivity contribution < 1.29 is 14.4 Å². The van der Waals surface area contributed by atoms with Crippen molar-refractivity contribution in [2.75, 3.05) is 16.0 Å². The molecule has 0 radical (unpaired) electrons. The van der Waals surface area contributed by atoms with Crippen LogP contribution in [0.5, 0.6) is 0 Å². The Morgan fingerprint density at radius 2 is 1.33 bits per heavy atom. The van der Waals surface area contributed by atoms with E-state index in [0.29, 0.717) is 27.5 Å². The van der Waals surface area contributed by atoms with Crippen LogP contribution in [-0.4, -0.2) is 17.7 Å². The smallest absolute Gasteiger partial charge is 0.265 e. The zero-order valence-electron chi connectivity index (χ0n) is 17.0. The number of benzene rings is 2. The maximum atomic E-state index is 12.7. The minimum atomic E-state index is -0.535. The van der Waals surface area contributed by atoms with Crippen molar-refractivity contribution in [1.82, 2.24) is 0 Å². The van der Waals surface area contributed by atoms with Gasteiger partial charge in [0.2, 0.25) is 5.91 Å². The Bertz CT molecular complexity index is 1070. The van der Waals surface area contributed by atoms with Crippen LogP contribution in [0.4, 0.5) is 17.1 Å². The molecule has 3 amide bonds. The van der Waals surface area contributed by atoms with Crippen LogP contribution in [0.25, 0.3) is 0 Å². The first-order chi connectivity index (χ1) is 14.2. The molecule has 0 atom stereocenters. The standard InChI is InChI=1S/C23H23N3O3S/c1-23(2,3)22(29)26-16-8-4-7-15(13-16)20(27)24-17-9-5-10-18(14-17)25-21(28)19-11-6-12-30-19/h4-14H,1-3H3,(H,24,27)(H,25,28)(H,26,29). The van der Waals surface area contributed by atoms with Crippen molar-refractivity contribution >= 4 is 46.1 Å². The number of hydrogen-bond donors (Lipinski definition) is 3. The molecular formula is C23H23N3O3S. The molecule has 6 nitrogen and oxygen atoms in total. The van der Waals surface area contributed by atoms with E-state index in [4.69, 9.17) is 0 Å². The normalized spacial score (nSPS) is 10.9. The Hall–Kier alpha value is -3.45. The van der Waals surface area contributed by atoms with Crippen LogP contribution in [-0.2, 0) is 4.79 Å². The first kappa shape index (κ1) is 21.3. The van der Waals surface area contributed by atoms with E-state index in [0.717, 1.165) is 0 Å². The van der Waals surface area contributed by atoms with E-state index in [1.807, 2.05) is 32.2 Å². The molecule has 3 aromatic rings. The van der Waals surface area contributed by atoms with Crippen LogP contribution >= 0.6 is 11.3 Å². The predicted molar refractivity (Wildman–Crippen MR) is 121 cm³/mol. The average molecular weight is 422 g/mol. The molecule has 0 saturated carbocycles. The van der Waals surface area contributed by atoms with Crippen LogP contribution in [0.3, 0.4) is 0 Å². The number of carbonyl (C=O) groups excluding carboxylic acids is 3. The third kappa shape index (κ3) is 5.55. The Morgan fingerprint density at radius 1 is 0.733 bits per heavy atom. The molecule has 0 spiro atoms. The minimum Gasteiger partial charge on any atom is -0.326 e. The molecule has 2 aromatic carbocycles. The van der Waals surface area contributed by atoms with E-state index in [1.54, 1.807) is 54.6 Å². The van der Waals surface area contributed by atoms with Crippen LogP contribution in [0.15, 0.2) is 66.0 Å². The summed E-state index contributed by atoms with van der Waals surface area (Å²) < 4.78 is 0. The monoisotopic (exact) mass is 421 g/mol. The number of hydrogen-bond acceptors (Lipinski definition) is 4. The van der Waals surface area contributed by atoms with Crippen molar-refractivity contribution in [2.45, 2.75) is 20.8 Å². The molecule has 1 heterocycles. The number of thiophene rings is 1. The molecule has 0 aliphatic rings.